The number of nitrogens with one attached hydrogen (secondary N) is 2. The normalized spacial score (nSPS) is 11.4. The summed E-state index contributed by atoms with van der Waals surface area (Å²) in [5.41, 5.74) is 3.41. The van der Waals surface area contributed by atoms with Crippen molar-refractivity contribution in [3.05, 3.63) is 53.6 Å². The zero-order chi connectivity index (χ0) is 18.6. The van der Waals surface area contributed by atoms with Gasteiger partial charge < -0.3 is 10.6 Å². The third-order valence-corrected chi connectivity index (χ3v) is 5.62. The summed E-state index contributed by atoms with van der Waals surface area (Å²) < 4.78 is 25.6. The van der Waals surface area contributed by atoms with Crippen LogP contribution >= 0.6 is 0 Å². The van der Waals surface area contributed by atoms with Gasteiger partial charge in [0.25, 0.3) is 0 Å². The molecular formula is C18H23N3O3S. The first-order valence-electron chi connectivity index (χ1n) is 7.84. The van der Waals surface area contributed by atoms with E-state index in [4.69, 9.17) is 0 Å². The maximum atomic E-state index is 12.2. The average Bonchev–Trinajstić information content (AvgIpc) is 2.55. The van der Waals surface area contributed by atoms with Crippen molar-refractivity contribution in [1.82, 2.24) is 4.31 Å². The molecule has 0 aliphatic heterocycles. The zero-order valence-electron chi connectivity index (χ0n) is 14.8. The Bertz CT molecular complexity index is 877. The Morgan fingerprint density at radius 2 is 1.72 bits per heavy atom. The molecule has 2 aromatic carbocycles. The number of amides is 1. The highest BCUT2D eigenvalue weighted by molar-refractivity contribution is 7.89. The summed E-state index contributed by atoms with van der Waals surface area (Å²) in [6, 6.07) is 12.5. The molecule has 25 heavy (non-hydrogen) atoms. The molecule has 0 atom stereocenters. The molecule has 7 heteroatoms. The predicted molar refractivity (Wildman–Crippen MR) is 100 cm³/mol. The summed E-state index contributed by atoms with van der Waals surface area (Å²) >= 11 is 0. The Balaban J connectivity index is 2.19. The van der Waals surface area contributed by atoms with Crippen LogP contribution in [0.4, 0.5) is 11.4 Å². The highest BCUT2D eigenvalue weighted by Crippen LogP contribution is 2.24. The second kappa shape index (κ2) is 7.67. The summed E-state index contributed by atoms with van der Waals surface area (Å²) in [6.07, 6.45) is 0. The van der Waals surface area contributed by atoms with E-state index in [9.17, 15) is 13.2 Å². The van der Waals surface area contributed by atoms with Crippen molar-refractivity contribution in [2.45, 2.75) is 25.3 Å². The Kier molecular flexibility index (Phi) is 5.81. The van der Waals surface area contributed by atoms with Gasteiger partial charge in [0.05, 0.1) is 4.90 Å². The van der Waals surface area contributed by atoms with Gasteiger partial charge in [-0.1, -0.05) is 18.2 Å². The van der Waals surface area contributed by atoms with Crippen molar-refractivity contribution < 1.29 is 13.2 Å². The second-order valence-corrected chi connectivity index (χ2v) is 8.10. The van der Waals surface area contributed by atoms with Crippen LogP contribution in [0.5, 0.6) is 0 Å². The molecule has 0 aromatic heterocycles. The lowest BCUT2D eigenvalue weighted by Crippen LogP contribution is -2.22. The number of hydrogen-bond acceptors (Lipinski definition) is 4. The van der Waals surface area contributed by atoms with E-state index in [0.29, 0.717) is 6.54 Å². The van der Waals surface area contributed by atoms with Crippen molar-refractivity contribution in [1.29, 1.82) is 0 Å². The standard InChI is InChI=1S/C18H23N3O3S/c1-13-17(9-6-10-18(13)20-14(2)22)19-12-15-7-5-8-16(11-15)25(23,24)21(3)4/h5-11,19H,12H2,1-4H3,(H,20,22). The summed E-state index contributed by atoms with van der Waals surface area (Å²) in [5, 5.41) is 6.08. The third-order valence-electron chi connectivity index (χ3n) is 3.80. The minimum absolute atomic E-state index is 0.123. The molecule has 0 heterocycles. The highest BCUT2D eigenvalue weighted by atomic mass is 32.2. The fourth-order valence-electron chi connectivity index (χ4n) is 2.38. The minimum Gasteiger partial charge on any atom is -0.381 e. The zero-order valence-corrected chi connectivity index (χ0v) is 15.6. The molecule has 2 rings (SSSR count). The fourth-order valence-corrected chi connectivity index (χ4v) is 3.35. The maximum Gasteiger partial charge on any atom is 0.242 e. The van der Waals surface area contributed by atoms with E-state index >= 15 is 0 Å². The van der Waals surface area contributed by atoms with Crippen LogP contribution in [-0.2, 0) is 21.4 Å². The first-order valence-corrected chi connectivity index (χ1v) is 9.28. The van der Waals surface area contributed by atoms with Crippen LogP contribution in [0.1, 0.15) is 18.1 Å². The molecule has 0 unspecified atom stereocenters. The van der Waals surface area contributed by atoms with E-state index in [-0.39, 0.29) is 10.8 Å². The van der Waals surface area contributed by atoms with Crippen LogP contribution in [0, 0.1) is 6.92 Å². The van der Waals surface area contributed by atoms with Crippen LogP contribution in [0.25, 0.3) is 0 Å². The van der Waals surface area contributed by atoms with Crippen LogP contribution in [0.3, 0.4) is 0 Å². The summed E-state index contributed by atoms with van der Waals surface area (Å²) in [5.74, 6) is -0.123. The number of nitrogens with zero attached hydrogens (tertiary/aromatic N) is 1. The van der Waals surface area contributed by atoms with E-state index in [0.717, 1.165) is 22.5 Å². The van der Waals surface area contributed by atoms with Gasteiger partial charge >= 0.3 is 0 Å². The predicted octanol–water partition coefficient (Wildman–Crippen LogP) is 2.82. The van der Waals surface area contributed by atoms with Crippen molar-refractivity contribution in [3.8, 4) is 0 Å². The Hall–Kier alpha value is -2.38. The first kappa shape index (κ1) is 19.0. The lowest BCUT2D eigenvalue weighted by molar-refractivity contribution is -0.114. The highest BCUT2D eigenvalue weighted by Gasteiger charge is 2.17. The fraction of sp³-hybridized carbons (Fsp3) is 0.278. The van der Waals surface area contributed by atoms with Gasteiger partial charge in [0.15, 0.2) is 0 Å². The van der Waals surface area contributed by atoms with Gasteiger partial charge in [0, 0.05) is 38.9 Å². The Morgan fingerprint density at radius 3 is 2.36 bits per heavy atom. The van der Waals surface area contributed by atoms with Crippen LogP contribution < -0.4 is 10.6 Å². The molecule has 0 spiro atoms. The molecule has 1 amide bonds. The van der Waals surface area contributed by atoms with Crippen molar-refractivity contribution in [2.24, 2.45) is 0 Å². The molecule has 2 aromatic rings. The molecule has 2 N–H and O–H groups in total. The van der Waals surface area contributed by atoms with E-state index in [2.05, 4.69) is 10.6 Å². The van der Waals surface area contributed by atoms with Gasteiger partial charge in [-0.15, -0.1) is 0 Å². The molecule has 0 radical (unpaired) electrons. The maximum absolute atomic E-state index is 12.2. The number of benzene rings is 2. The van der Waals surface area contributed by atoms with E-state index < -0.39 is 10.0 Å². The summed E-state index contributed by atoms with van der Waals surface area (Å²) in [7, 11) is -0.431. The van der Waals surface area contributed by atoms with Crippen molar-refractivity contribution >= 4 is 27.3 Å². The molecule has 6 nitrogen and oxygen atoms in total. The molecule has 0 saturated heterocycles. The third kappa shape index (κ3) is 4.58. The Morgan fingerprint density at radius 1 is 1.08 bits per heavy atom. The minimum atomic E-state index is -3.45. The van der Waals surface area contributed by atoms with Gasteiger partial charge in [-0.2, -0.15) is 0 Å². The van der Waals surface area contributed by atoms with E-state index in [1.807, 2.05) is 31.2 Å². The number of hydrogen-bond donors (Lipinski definition) is 2. The molecule has 0 saturated carbocycles. The van der Waals surface area contributed by atoms with Gasteiger partial charge in [-0.05, 0) is 42.3 Å². The molecule has 0 fully saturated rings. The number of anilines is 2. The van der Waals surface area contributed by atoms with Crippen LogP contribution in [-0.4, -0.2) is 32.7 Å². The second-order valence-electron chi connectivity index (χ2n) is 5.95. The quantitative estimate of drug-likeness (QED) is 0.829. The molecule has 0 bridgehead atoms. The number of carbonyl (C=O) groups excluding carboxylic acids is 1. The lowest BCUT2D eigenvalue weighted by atomic mass is 10.1. The summed E-state index contributed by atoms with van der Waals surface area (Å²) in [6.45, 7) is 3.86. The van der Waals surface area contributed by atoms with Gasteiger partial charge in [-0.25, -0.2) is 12.7 Å². The molecular weight excluding hydrogens is 338 g/mol. The SMILES string of the molecule is CC(=O)Nc1cccc(NCc2cccc(S(=O)(=O)N(C)C)c2)c1C. The van der Waals surface area contributed by atoms with Crippen LogP contribution in [0.15, 0.2) is 47.4 Å². The number of rotatable bonds is 6. The van der Waals surface area contributed by atoms with E-state index in [1.54, 1.807) is 18.2 Å². The van der Waals surface area contributed by atoms with Crippen LogP contribution in [0.2, 0.25) is 0 Å². The summed E-state index contributed by atoms with van der Waals surface area (Å²) in [4.78, 5) is 11.5. The topological polar surface area (TPSA) is 78.5 Å². The number of sulfonamides is 1. The smallest absolute Gasteiger partial charge is 0.242 e. The Labute approximate surface area is 148 Å². The van der Waals surface area contributed by atoms with Crippen molar-refractivity contribution in [2.75, 3.05) is 24.7 Å². The molecule has 134 valence electrons. The molecule has 0 aliphatic rings. The van der Waals surface area contributed by atoms with Gasteiger partial charge in [0.1, 0.15) is 0 Å². The average molecular weight is 361 g/mol. The van der Waals surface area contributed by atoms with Gasteiger partial charge in [-0.3, -0.25) is 4.79 Å². The molecule has 0 aliphatic carbocycles. The van der Waals surface area contributed by atoms with Gasteiger partial charge in [0.2, 0.25) is 15.9 Å². The first-order chi connectivity index (χ1) is 11.7. The van der Waals surface area contributed by atoms with Crippen molar-refractivity contribution in [3.63, 3.8) is 0 Å². The lowest BCUT2D eigenvalue weighted by Gasteiger charge is -2.15. The monoisotopic (exact) mass is 361 g/mol. The van der Waals surface area contributed by atoms with E-state index in [1.165, 1.54) is 25.3 Å². The largest absolute Gasteiger partial charge is 0.381 e. The number of carbonyl (C=O) groups is 1.